The number of pyridine rings is 1. The van der Waals surface area contributed by atoms with Crippen molar-refractivity contribution in [3.05, 3.63) is 33.7 Å². The van der Waals surface area contributed by atoms with Crippen LogP contribution in [0.25, 0.3) is 0 Å². The molecule has 1 N–H and O–H groups in total. The summed E-state index contributed by atoms with van der Waals surface area (Å²) in [5.41, 5.74) is 2.82. The zero-order valence-corrected chi connectivity index (χ0v) is 13.8. The van der Waals surface area contributed by atoms with Crippen molar-refractivity contribution in [1.82, 2.24) is 9.88 Å². The first-order chi connectivity index (χ1) is 10.2. The summed E-state index contributed by atoms with van der Waals surface area (Å²) in [6.07, 6.45) is 6.95. The van der Waals surface area contributed by atoms with Crippen molar-refractivity contribution in [3.8, 4) is 0 Å². The highest BCUT2D eigenvalue weighted by Crippen LogP contribution is 2.29. The van der Waals surface area contributed by atoms with Gasteiger partial charge in [-0.25, -0.2) is 0 Å². The number of aromatic nitrogens is 1. The molecule has 0 amide bonds. The van der Waals surface area contributed by atoms with E-state index >= 15 is 0 Å². The molecule has 0 saturated heterocycles. The molecular formula is C18H30N2O. The number of hydrogen-bond donors (Lipinski definition) is 1. The third-order valence-electron chi connectivity index (χ3n) is 4.53. The summed E-state index contributed by atoms with van der Waals surface area (Å²) in [4.78, 5) is 12.3. The number of hydrogen-bond acceptors (Lipinski definition) is 2. The Morgan fingerprint density at radius 1 is 1.33 bits per heavy atom. The Kier molecular flexibility index (Phi) is 6.04. The lowest BCUT2D eigenvalue weighted by Crippen LogP contribution is -2.33. The molecule has 0 aromatic carbocycles. The van der Waals surface area contributed by atoms with Crippen LogP contribution < -0.4 is 10.9 Å². The second-order valence-electron chi connectivity index (χ2n) is 6.48. The van der Waals surface area contributed by atoms with Crippen LogP contribution in [-0.2, 0) is 13.0 Å². The van der Waals surface area contributed by atoms with E-state index in [0.29, 0.717) is 12.0 Å². The van der Waals surface area contributed by atoms with Crippen LogP contribution in [0.1, 0.15) is 70.2 Å². The molecule has 1 aliphatic rings. The molecule has 0 fully saturated rings. The van der Waals surface area contributed by atoms with Crippen LogP contribution in [0.15, 0.2) is 16.9 Å². The lowest BCUT2D eigenvalue weighted by molar-refractivity contribution is 0.401. The highest BCUT2D eigenvalue weighted by molar-refractivity contribution is 5.27. The second kappa shape index (κ2) is 7.79. The van der Waals surface area contributed by atoms with Crippen molar-refractivity contribution in [1.29, 1.82) is 0 Å². The van der Waals surface area contributed by atoms with Gasteiger partial charge in [-0.3, -0.25) is 4.79 Å². The molecule has 0 radical (unpaired) electrons. The summed E-state index contributed by atoms with van der Waals surface area (Å²) in [5.74, 6) is 0.572. The van der Waals surface area contributed by atoms with Crippen LogP contribution in [0.2, 0.25) is 0 Å². The molecule has 21 heavy (non-hydrogen) atoms. The molecule has 2 rings (SSSR count). The molecule has 0 aliphatic heterocycles. The number of rotatable bonds is 7. The second-order valence-corrected chi connectivity index (χ2v) is 6.48. The molecule has 0 bridgehead atoms. The van der Waals surface area contributed by atoms with Gasteiger partial charge in [-0.05, 0) is 50.1 Å². The lowest BCUT2D eigenvalue weighted by atomic mass is 9.90. The predicted molar refractivity (Wildman–Crippen MR) is 88.7 cm³/mol. The molecule has 1 aromatic rings. The van der Waals surface area contributed by atoms with E-state index in [1.54, 1.807) is 6.07 Å². The van der Waals surface area contributed by atoms with Crippen molar-refractivity contribution in [3.63, 3.8) is 0 Å². The van der Waals surface area contributed by atoms with Crippen LogP contribution >= 0.6 is 0 Å². The summed E-state index contributed by atoms with van der Waals surface area (Å²) in [6.45, 7) is 8.59. The van der Waals surface area contributed by atoms with E-state index in [2.05, 4.69) is 36.7 Å². The minimum atomic E-state index is 0.174. The number of nitrogens with one attached hydrogen (secondary N) is 1. The first-order valence-electron chi connectivity index (χ1n) is 8.63. The highest BCUT2D eigenvalue weighted by Gasteiger charge is 2.23. The van der Waals surface area contributed by atoms with Gasteiger partial charge in [0.25, 0.3) is 5.56 Å². The Bertz CT molecular complexity index is 506. The van der Waals surface area contributed by atoms with Crippen molar-refractivity contribution >= 4 is 0 Å². The Hall–Kier alpha value is -1.09. The minimum absolute atomic E-state index is 0.174. The zero-order valence-electron chi connectivity index (χ0n) is 13.8. The number of nitrogens with zero attached hydrogens (tertiary/aromatic N) is 1. The van der Waals surface area contributed by atoms with Gasteiger partial charge < -0.3 is 9.88 Å². The number of fused-ring (bicyclic) bond motifs is 1. The summed E-state index contributed by atoms with van der Waals surface area (Å²) >= 11 is 0. The molecular weight excluding hydrogens is 260 g/mol. The van der Waals surface area contributed by atoms with Gasteiger partial charge in [0.05, 0.1) is 0 Å². The van der Waals surface area contributed by atoms with E-state index in [9.17, 15) is 4.79 Å². The fourth-order valence-corrected chi connectivity index (χ4v) is 3.49. The molecule has 2 unspecified atom stereocenters. The molecule has 0 saturated carbocycles. The van der Waals surface area contributed by atoms with Gasteiger partial charge in [0, 0.05) is 24.3 Å². The van der Waals surface area contributed by atoms with Crippen LogP contribution in [0, 0.1) is 5.92 Å². The Labute approximate surface area is 128 Å². The first-order valence-corrected chi connectivity index (χ1v) is 8.63. The molecule has 1 aliphatic carbocycles. The van der Waals surface area contributed by atoms with E-state index in [-0.39, 0.29) is 5.56 Å². The summed E-state index contributed by atoms with van der Waals surface area (Å²) < 4.78 is 2.05. The lowest BCUT2D eigenvalue weighted by Gasteiger charge is -2.29. The van der Waals surface area contributed by atoms with E-state index in [1.807, 2.05) is 0 Å². The monoisotopic (exact) mass is 290 g/mol. The average Bonchev–Trinajstić information content (AvgIpc) is 2.48. The maximum atomic E-state index is 12.3. The molecule has 1 heterocycles. The third-order valence-corrected chi connectivity index (χ3v) is 4.53. The quantitative estimate of drug-likeness (QED) is 0.831. The largest absolute Gasteiger partial charge is 0.312 e. The van der Waals surface area contributed by atoms with Gasteiger partial charge in [-0.2, -0.15) is 0 Å². The van der Waals surface area contributed by atoms with E-state index < -0.39 is 0 Å². The van der Waals surface area contributed by atoms with Crippen LogP contribution in [-0.4, -0.2) is 11.1 Å². The summed E-state index contributed by atoms with van der Waals surface area (Å²) in [6, 6.07) is 4.26. The molecule has 0 spiro atoms. The summed E-state index contributed by atoms with van der Waals surface area (Å²) in [7, 11) is 0. The standard InChI is InChI=1S/C18H30N2O/c1-4-7-14(3)13-20-17-9-6-8-16(19-12-5-2)15(17)10-11-18(20)21/h10-11,14,16,19H,4-9,12-13H2,1-3H3. The first kappa shape index (κ1) is 16.3. The predicted octanol–water partition coefficient (Wildman–Crippen LogP) is 3.66. The van der Waals surface area contributed by atoms with Gasteiger partial charge in [-0.15, -0.1) is 0 Å². The average molecular weight is 290 g/mol. The van der Waals surface area contributed by atoms with Gasteiger partial charge in [0.2, 0.25) is 0 Å². The van der Waals surface area contributed by atoms with E-state index in [1.165, 1.54) is 36.9 Å². The fourth-order valence-electron chi connectivity index (χ4n) is 3.49. The molecule has 3 nitrogen and oxygen atoms in total. The third kappa shape index (κ3) is 3.97. The van der Waals surface area contributed by atoms with Gasteiger partial charge in [-0.1, -0.05) is 33.3 Å². The molecule has 2 atom stereocenters. The highest BCUT2D eigenvalue weighted by atomic mass is 16.1. The van der Waals surface area contributed by atoms with Crippen molar-refractivity contribution in [2.24, 2.45) is 5.92 Å². The van der Waals surface area contributed by atoms with Crippen LogP contribution in [0.4, 0.5) is 0 Å². The topological polar surface area (TPSA) is 34.0 Å². The van der Waals surface area contributed by atoms with E-state index in [4.69, 9.17) is 0 Å². The molecule has 1 aromatic heterocycles. The van der Waals surface area contributed by atoms with Gasteiger partial charge >= 0.3 is 0 Å². The van der Waals surface area contributed by atoms with Gasteiger partial charge in [0.1, 0.15) is 0 Å². The summed E-state index contributed by atoms with van der Waals surface area (Å²) in [5, 5.41) is 3.64. The normalized spacial score (nSPS) is 19.3. The minimum Gasteiger partial charge on any atom is -0.312 e. The Balaban J connectivity index is 2.27. The van der Waals surface area contributed by atoms with E-state index in [0.717, 1.165) is 25.9 Å². The van der Waals surface area contributed by atoms with Crippen molar-refractivity contribution < 1.29 is 0 Å². The fraction of sp³-hybridized carbons (Fsp3) is 0.722. The van der Waals surface area contributed by atoms with Crippen LogP contribution in [0.3, 0.4) is 0 Å². The zero-order chi connectivity index (χ0) is 15.2. The maximum absolute atomic E-state index is 12.3. The van der Waals surface area contributed by atoms with Crippen molar-refractivity contribution in [2.75, 3.05) is 6.54 Å². The van der Waals surface area contributed by atoms with Crippen molar-refractivity contribution in [2.45, 2.75) is 71.9 Å². The molecule has 118 valence electrons. The van der Waals surface area contributed by atoms with Crippen LogP contribution in [0.5, 0.6) is 0 Å². The SMILES string of the molecule is CCCNC1CCCc2c1ccc(=O)n2CC(C)CCC. The molecule has 3 heteroatoms. The Morgan fingerprint density at radius 3 is 2.86 bits per heavy atom. The maximum Gasteiger partial charge on any atom is 0.250 e. The Morgan fingerprint density at radius 2 is 2.14 bits per heavy atom. The van der Waals surface area contributed by atoms with Gasteiger partial charge in [0.15, 0.2) is 0 Å². The smallest absolute Gasteiger partial charge is 0.250 e.